The lowest BCUT2D eigenvalue weighted by Crippen LogP contribution is -2.32. The Hall–Kier alpha value is -0.450. The fourth-order valence-electron chi connectivity index (χ4n) is 2.99. The van der Waals surface area contributed by atoms with Crippen molar-refractivity contribution in [2.45, 2.75) is 31.4 Å². The van der Waals surface area contributed by atoms with Gasteiger partial charge in [-0.05, 0) is 52.4 Å². The van der Waals surface area contributed by atoms with Crippen LogP contribution in [0, 0.1) is 11.7 Å². The highest BCUT2D eigenvalue weighted by atomic mass is 79.9. The molecule has 1 aliphatic heterocycles. The van der Waals surface area contributed by atoms with Gasteiger partial charge in [-0.1, -0.05) is 12.5 Å². The molecule has 0 amide bonds. The molecule has 1 aromatic rings. The zero-order valence-corrected chi connectivity index (χ0v) is 11.7. The summed E-state index contributed by atoms with van der Waals surface area (Å²) in [4.78, 5) is 0. The number of halogens is 2. The molecule has 1 saturated heterocycles. The predicted molar refractivity (Wildman–Crippen MR) is 71.9 cm³/mol. The Labute approximate surface area is 115 Å². The molecule has 1 saturated carbocycles. The van der Waals surface area contributed by atoms with Crippen molar-refractivity contribution in [3.63, 3.8) is 0 Å². The first-order valence-electron chi connectivity index (χ1n) is 6.54. The van der Waals surface area contributed by atoms with Gasteiger partial charge in [-0.15, -0.1) is 0 Å². The molecule has 2 aliphatic rings. The molecule has 1 heterocycles. The highest BCUT2D eigenvalue weighted by molar-refractivity contribution is 9.10. The Bertz CT molecular complexity index is 426. The summed E-state index contributed by atoms with van der Waals surface area (Å²) < 4.78 is 19.7. The van der Waals surface area contributed by atoms with E-state index < -0.39 is 0 Å². The van der Waals surface area contributed by atoms with Gasteiger partial charge in [0.2, 0.25) is 0 Å². The Kier molecular flexibility index (Phi) is 3.68. The van der Waals surface area contributed by atoms with E-state index in [1.807, 2.05) is 12.1 Å². The monoisotopic (exact) mass is 313 g/mol. The normalized spacial score (nSPS) is 32.0. The van der Waals surface area contributed by atoms with Crippen LogP contribution in [0.25, 0.3) is 0 Å². The molecule has 3 unspecified atom stereocenters. The van der Waals surface area contributed by atoms with Gasteiger partial charge in [-0.2, -0.15) is 0 Å². The Balaban J connectivity index is 1.74. The van der Waals surface area contributed by atoms with E-state index in [4.69, 9.17) is 4.74 Å². The second kappa shape index (κ2) is 5.27. The molecule has 0 bridgehead atoms. The van der Waals surface area contributed by atoms with Crippen molar-refractivity contribution in [3.05, 3.63) is 34.1 Å². The minimum absolute atomic E-state index is 0.0347. The second-order valence-corrected chi connectivity index (χ2v) is 6.06. The first-order valence-corrected chi connectivity index (χ1v) is 7.33. The number of nitrogens with one attached hydrogen (secondary N) is 1. The van der Waals surface area contributed by atoms with Crippen molar-refractivity contribution < 1.29 is 9.13 Å². The van der Waals surface area contributed by atoms with E-state index >= 15 is 0 Å². The summed E-state index contributed by atoms with van der Waals surface area (Å²) in [6, 6.07) is 5.74. The summed E-state index contributed by atoms with van der Waals surface area (Å²) >= 11 is 3.23. The highest BCUT2D eigenvalue weighted by Gasteiger charge is 2.31. The van der Waals surface area contributed by atoms with E-state index in [1.165, 1.54) is 25.3 Å². The molecule has 2 nitrogen and oxygen atoms in total. The number of hydrogen-bond donors (Lipinski definition) is 1. The van der Waals surface area contributed by atoms with Crippen molar-refractivity contribution in [2.24, 2.45) is 5.92 Å². The SMILES string of the molecule is Fc1ccc(C2CNC3CCCC3CO2)cc1Br. The Morgan fingerprint density at radius 1 is 1.33 bits per heavy atom. The summed E-state index contributed by atoms with van der Waals surface area (Å²) in [7, 11) is 0. The maximum Gasteiger partial charge on any atom is 0.137 e. The lowest BCUT2D eigenvalue weighted by Gasteiger charge is -2.16. The van der Waals surface area contributed by atoms with Gasteiger partial charge < -0.3 is 10.1 Å². The van der Waals surface area contributed by atoms with Gasteiger partial charge in [0.1, 0.15) is 5.82 Å². The van der Waals surface area contributed by atoms with Crippen LogP contribution in [0.5, 0.6) is 0 Å². The fraction of sp³-hybridized carbons (Fsp3) is 0.571. The lowest BCUT2D eigenvalue weighted by molar-refractivity contribution is 0.0473. The third-order valence-electron chi connectivity index (χ3n) is 4.05. The quantitative estimate of drug-likeness (QED) is 0.858. The van der Waals surface area contributed by atoms with Crippen molar-refractivity contribution in [1.29, 1.82) is 0 Å². The van der Waals surface area contributed by atoms with Gasteiger partial charge >= 0.3 is 0 Å². The molecule has 98 valence electrons. The van der Waals surface area contributed by atoms with Crippen molar-refractivity contribution in [1.82, 2.24) is 5.32 Å². The molecule has 4 heteroatoms. The largest absolute Gasteiger partial charge is 0.372 e. The maximum atomic E-state index is 13.2. The zero-order chi connectivity index (χ0) is 12.5. The predicted octanol–water partition coefficient (Wildman–Crippen LogP) is 3.42. The number of fused-ring (bicyclic) bond motifs is 1. The highest BCUT2D eigenvalue weighted by Crippen LogP contribution is 2.32. The zero-order valence-electron chi connectivity index (χ0n) is 10.2. The van der Waals surface area contributed by atoms with Crippen molar-refractivity contribution in [3.8, 4) is 0 Å². The first kappa shape index (κ1) is 12.6. The third kappa shape index (κ3) is 2.46. The molecule has 18 heavy (non-hydrogen) atoms. The molecular weight excluding hydrogens is 297 g/mol. The molecule has 3 atom stereocenters. The molecule has 0 spiro atoms. The van der Waals surface area contributed by atoms with E-state index in [0.29, 0.717) is 16.4 Å². The summed E-state index contributed by atoms with van der Waals surface area (Å²) in [5, 5.41) is 3.59. The molecule has 2 fully saturated rings. The van der Waals surface area contributed by atoms with E-state index in [0.717, 1.165) is 18.7 Å². The van der Waals surface area contributed by atoms with Crippen LogP contribution in [0.2, 0.25) is 0 Å². The number of hydrogen-bond acceptors (Lipinski definition) is 2. The smallest absolute Gasteiger partial charge is 0.137 e. The van der Waals surface area contributed by atoms with Gasteiger partial charge in [0.15, 0.2) is 0 Å². The maximum absolute atomic E-state index is 13.2. The van der Waals surface area contributed by atoms with E-state index in [-0.39, 0.29) is 11.9 Å². The van der Waals surface area contributed by atoms with Gasteiger partial charge in [0.25, 0.3) is 0 Å². The summed E-state index contributed by atoms with van der Waals surface area (Å²) in [5.41, 5.74) is 1.04. The molecule has 1 N–H and O–H groups in total. The summed E-state index contributed by atoms with van der Waals surface area (Å²) in [5.74, 6) is 0.427. The average molecular weight is 314 g/mol. The minimum atomic E-state index is -0.225. The fourth-order valence-corrected chi connectivity index (χ4v) is 3.39. The van der Waals surface area contributed by atoms with Gasteiger partial charge in [-0.3, -0.25) is 0 Å². The van der Waals surface area contributed by atoms with Crippen LogP contribution in [0.15, 0.2) is 22.7 Å². The second-order valence-electron chi connectivity index (χ2n) is 5.20. The minimum Gasteiger partial charge on any atom is -0.372 e. The van der Waals surface area contributed by atoms with Gasteiger partial charge in [-0.25, -0.2) is 4.39 Å². The number of ether oxygens (including phenoxy) is 1. The van der Waals surface area contributed by atoms with Gasteiger partial charge in [0.05, 0.1) is 17.2 Å². The third-order valence-corrected chi connectivity index (χ3v) is 4.66. The van der Waals surface area contributed by atoms with Gasteiger partial charge in [0, 0.05) is 12.6 Å². The summed E-state index contributed by atoms with van der Waals surface area (Å²) in [6.45, 7) is 1.64. The molecule has 0 radical (unpaired) electrons. The number of rotatable bonds is 1. The van der Waals surface area contributed by atoms with Crippen LogP contribution in [0.3, 0.4) is 0 Å². The standard InChI is InChI=1S/C14H17BrFNO/c15-11-6-9(4-5-12(11)16)14-7-17-13-3-1-2-10(13)8-18-14/h4-6,10,13-14,17H,1-3,7-8H2. The van der Waals surface area contributed by atoms with Crippen LogP contribution < -0.4 is 5.32 Å². The van der Waals surface area contributed by atoms with E-state index in [9.17, 15) is 4.39 Å². The first-order chi connectivity index (χ1) is 8.74. The average Bonchev–Trinajstić information content (AvgIpc) is 2.72. The molecule has 1 aromatic carbocycles. The van der Waals surface area contributed by atoms with Crippen molar-refractivity contribution >= 4 is 15.9 Å². The van der Waals surface area contributed by atoms with E-state index in [2.05, 4.69) is 21.2 Å². The summed E-state index contributed by atoms with van der Waals surface area (Å²) in [6.07, 6.45) is 3.86. The molecule has 0 aromatic heterocycles. The molecule has 3 rings (SSSR count). The van der Waals surface area contributed by atoms with Crippen LogP contribution in [-0.2, 0) is 4.74 Å². The molecule has 1 aliphatic carbocycles. The van der Waals surface area contributed by atoms with E-state index in [1.54, 1.807) is 0 Å². The number of benzene rings is 1. The van der Waals surface area contributed by atoms with Crippen LogP contribution >= 0.6 is 15.9 Å². The van der Waals surface area contributed by atoms with Crippen LogP contribution in [0.1, 0.15) is 30.9 Å². The topological polar surface area (TPSA) is 21.3 Å². The lowest BCUT2D eigenvalue weighted by atomic mass is 10.1. The molecular formula is C14H17BrFNO. The van der Waals surface area contributed by atoms with Crippen LogP contribution in [0.4, 0.5) is 4.39 Å². The Morgan fingerprint density at radius 2 is 2.22 bits per heavy atom. The van der Waals surface area contributed by atoms with Crippen molar-refractivity contribution in [2.75, 3.05) is 13.2 Å². The van der Waals surface area contributed by atoms with Crippen LogP contribution in [-0.4, -0.2) is 19.2 Å². The Morgan fingerprint density at radius 3 is 3.06 bits per heavy atom.